The molecule has 5 rings (SSSR count). The molecule has 2 aromatic heterocycles. The summed E-state index contributed by atoms with van der Waals surface area (Å²) in [4.78, 5) is 4.22. The van der Waals surface area contributed by atoms with Crippen LogP contribution in [0.15, 0.2) is 91.1 Å². The minimum Gasteiger partial charge on any atom is -0.309 e. The number of nitrogens with zero attached hydrogens (tertiary/aromatic N) is 2. The van der Waals surface area contributed by atoms with Crippen LogP contribution >= 0.6 is 0 Å². The SMILES string of the molecule is Fc1ccc(-c2ccc3c(c2)c2ccccc2n3-c2ccccc2)nc1. The van der Waals surface area contributed by atoms with Crippen molar-refractivity contribution >= 4 is 21.8 Å². The van der Waals surface area contributed by atoms with E-state index in [1.807, 2.05) is 24.3 Å². The molecule has 26 heavy (non-hydrogen) atoms. The number of pyridine rings is 1. The van der Waals surface area contributed by atoms with Gasteiger partial charge < -0.3 is 4.57 Å². The van der Waals surface area contributed by atoms with E-state index in [0.717, 1.165) is 33.4 Å². The van der Waals surface area contributed by atoms with Gasteiger partial charge in [-0.1, -0.05) is 42.5 Å². The van der Waals surface area contributed by atoms with Gasteiger partial charge in [0, 0.05) is 22.0 Å². The van der Waals surface area contributed by atoms with Crippen LogP contribution in [0.1, 0.15) is 0 Å². The third kappa shape index (κ3) is 2.29. The molecule has 2 heterocycles. The van der Waals surface area contributed by atoms with Gasteiger partial charge in [0.1, 0.15) is 5.82 Å². The van der Waals surface area contributed by atoms with Crippen LogP contribution in [-0.4, -0.2) is 9.55 Å². The minimum atomic E-state index is -0.324. The standard InChI is InChI=1S/C23H15FN2/c24-17-11-12-21(25-15-17)16-10-13-23-20(14-16)19-8-4-5-9-22(19)26(23)18-6-2-1-3-7-18/h1-15H. The molecule has 0 spiro atoms. The molecular formula is C23H15FN2. The van der Waals surface area contributed by atoms with Crippen molar-refractivity contribution in [2.75, 3.05) is 0 Å². The minimum absolute atomic E-state index is 0.324. The fourth-order valence-electron chi connectivity index (χ4n) is 3.53. The zero-order valence-corrected chi connectivity index (χ0v) is 13.9. The van der Waals surface area contributed by atoms with E-state index in [1.165, 1.54) is 17.6 Å². The Morgan fingerprint density at radius 1 is 0.692 bits per heavy atom. The average Bonchev–Trinajstić information content (AvgIpc) is 3.03. The van der Waals surface area contributed by atoms with E-state index >= 15 is 0 Å². The first kappa shape index (κ1) is 14.8. The zero-order chi connectivity index (χ0) is 17.5. The van der Waals surface area contributed by atoms with Crippen molar-refractivity contribution in [2.24, 2.45) is 0 Å². The van der Waals surface area contributed by atoms with Crippen LogP contribution < -0.4 is 0 Å². The summed E-state index contributed by atoms with van der Waals surface area (Å²) in [5.41, 5.74) is 5.19. The molecule has 0 fully saturated rings. The van der Waals surface area contributed by atoms with Gasteiger partial charge in [-0.3, -0.25) is 4.98 Å². The van der Waals surface area contributed by atoms with Crippen LogP contribution in [-0.2, 0) is 0 Å². The highest BCUT2D eigenvalue weighted by atomic mass is 19.1. The van der Waals surface area contributed by atoms with Crippen molar-refractivity contribution in [1.82, 2.24) is 9.55 Å². The van der Waals surface area contributed by atoms with E-state index < -0.39 is 0 Å². The Kier molecular flexibility index (Phi) is 3.32. The highest BCUT2D eigenvalue weighted by Gasteiger charge is 2.13. The van der Waals surface area contributed by atoms with Gasteiger partial charge in [-0.05, 0) is 42.5 Å². The molecule has 0 saturated heterocycles. The van der Waals surface area contributed by atoms with E-state index in [9.17, 15) is 4.39 Å². The second-order valence-electron chi connectivity index (χ2n) is 6.28. The molecule has 3 aromatic carbocycles. The van der Waals surface area contributed by atoms with Crippen LogP contribution in [0.4, 0.5) is 4.39 Å². The quantitative estimate of drug-likeness (QED) is 0.387. The Hall–Kier alpha value is -3.46. The zero-order valence-electron chi connectivity index (χ0n) is 13.9. The van der Waals surface area contributed by atoms with Gasteiger partial charge in [0.05, 0.1) is 22.9 Å². The van der Waals surface area contributed by atoms with Crippen molar-refractivity contribution in [3.05, 3.63) is 96.9 Å². The molecule has 0 unspecified atom stereocenters. The summed E-state index contributed by atoms with van der Waals surface area (Å²) in [6.07, 6.45) is 1.26. The molecule has 0 radical (unpaired) electrons. The van der Waals surface area contributed by atoms with Crippen LogP contribution in [0.25, 0.3) is 38.8 Å². The summed E-state index contributed by atoms with van der Waals surface area (Å²) < 4.78 is 15.5. The molecule has 2 nitrogen and oxygen atoms in total. The lowest BCUT2D eigenvalue weighted by atomic mass is 10.1. The topological polar surface area (TPSA) is 17.8 Å². The Balaban J connectivity index is 1.82. The molecule has 0 N–H and O–H groups in total. The fourth-order valence-corrected chi connectivity index (χ4v) is 3.53. The molecule has 0 saturated carbocycles. The predicted octanol–water partition coefficient (Wildman–Crippen LogP) is 5.98. The summed E-state index contributed by atoms with van der Waals surface area (Å²) >= 11 is 0. The Morgan fingerprint density at radius 2 is 1.46 bits per heavy atom. The summed E-state index contributed by atoms with van der Waals surface area (Å²) in [5.74, 6) is -0.324. The van der Waals surface area contributed by atoms with Crippen molar-refractivity contribution in [1.29, 1.82) is 0 Å². The molecule has 0 bridgehead atoms. The number of halogens is 1. The Labute approximate surface area is 150 Å². The summed E-state index contributed by atoms with van der Waals surface area (Å²) in [5, 5.41) is 2.35. The number of hydrogen-bond acceptors (Lipinski definition) is 1. The van der Waals surface area contributed by atoms with E-state index in [2.05, 4.69) is 58.1 Å². The maximum absolute atomic E-state index is 13.2. The molecule has 0 amide bonds. The first-order valence-electron chi connectivity index (χ1n) is 8.52. The molecular weight excluding hydrogens is 323 g/mol. The fraction of sp³-hybridized carbons (Fsp3) is 0. The molecule has 124 valence electrons. The highest BCUT2D eigenvalue weighted by Crippen LogP contribution is 2.34. The molecule has 5 aromatic rings. The third-order valence-electron chi connectivity index (χ3n) is 4.71. The Morgan fingerprint density at radius 3 is 2.27 bits per heavy atom. The second-order valence-corrected chi connectivity index (χ2v) is 6.28. The lowest BCUT2D eigenvalue weighted by Gasteiger charge is -2.07. The van der Waals surface area contributed by atoms with Gasteiger partial charge in [-0.2, -0.15) is 0 Å². The van der Waals surface area contributed by atoms with Crippen molar-refractivity contribution in [2.45, 2.75) is 0 Å². The molecule has 0 aliphatic carbocycles. The molecule has 0 aliphatic heterocycles. The number of hydrogen-bond donors (Lipinski definition) is 0. The van der Waals surface area contributed by atoms with Gasteiger partial charge >= 0.3 is 0 Å². The average molecular weight is 338 g/mol. The molecule has 3 heteroatoms. The van der Waals surface area contributed by atoms with Gasteiger partial charge in [-0.25, -0.2) is 4.39 Å². The van der Waals surface area contributed by atoms with Crippen LogP contribution in [0.5, 0.6) is 0 Å². The van der Waals surface area contributed by atoms with Crippen LogP contribution in [0.2, 0.25) is 0 Å². The van der Waals surface area contributed by atoms with Crippen LogP contribution in [0, 0.1) is 5.82 Å². The predicted molar refractivity (Wildman–Crippen MR) is 104 cm³/mol. The summed E-state index contributed by atoms with van der Waals surface area (Å²) in [6, 6.07) is 28.2. The van der Waals surface area contributed by atoms with Gasteiger partial charge in [0.25, 0.3) is 0 Å². The number of fused-ring (bicyclic) bond motifs is 3. The van der Waals surface area contributed by atoms with Crippen molar-refractivity contribution in [3.8, 4) is 16.9 Å². The Bertz CT molecular complexity index is 1220. The van der Waals surface area contributed by atoms with E-state index in [1.54, 1.807) is 6.07 Å². The molecule has 0 aliphatic rings. The number of aromatic nitrogens is 2. The van der Waals surface area contributed by atoms with Crippen molar-refractivity contribution in [3.63, 3.8) is 0 Å². The number of para-hydroxylation sites is 2. The maximum atomic E-state index is 13.2. The lowest BCUT2D eigenvalue weighted by molar-refractivity contribution is 0.622. The first-order chi connectivity index (χ1) is 12.8. The number of rotatable bonds is 2. The largest absolute Gasteiger partial charge is 0.309 e. The first-order valence-corrected chi connectivity index (χ1v) is 8.52. The summed E-state index contributed by atoms with van der Waals surface area (Å²) in [6.45, 7) is 0. The smallest absolute Gasteiger partial charge is 0.141 e. The maximum Gasteiger partial charge on any atom is 0.141 e. The normalized spacial score (nSPS) is 11.3. The highest BCUT2D eigenvalue weighted by molar-refractivity contribution is 6.10. The van der Waals surface area contributed by atoms with Gasteiger partial charge in [-0.15, -0.1) is 0 Å². The molecule has 0 atom stereocenters. The monoisotopic (exact) mass is 338 g/mol. The van der Waals surface area contributed by atoms with E-state index in [-0.39, 0.29) is 5.82 Å². The number of benzene rings is 3. The van der Waals surface area contributed by atoms with Gasteiger partial charge in [0.15, 0.2) is 0 Å². The van der Waals surface area contributed by atoms with E-state index in [0.29, 0.717) is 0 Å². The lowest BCUT2D eigenvalue weighted by Crippen LogP contribution is -1.93. The summed E-state index contributed by atoms with van der Waals surface area (Å²) in [7, 11) is 0. The van der Waals surface area contributed by atoms with E-state index in [4.69, 9.17) is 0 Å². The van der Waals surface area contributed by atoms with Gasteiger partial charge in [0.2, 0.25) is 0 Å². The third-order valence-corrected chi connectivity index (χ3v) is 4.71. The van der Waals surface area contributed by atoms with Crippen LogP contribution in [0.3, 0.4) is 0 Å². The van der Waals surface area contributed by atoms with Crippen molar-refractivity contribution < 1.29 is 4.39 Å². The second kappa shape index (κ2) is 5.81.